The molecule has 0 radical (unpaired) electrons. The summed E-state index contributed by atoms with van der Waals surface area (Å²) in [6.07, 6.45) is 0. The third-order valence-electron chi connectivity index (χ3n) is 2.88. The maximum absolute atomic E-state index is 12.9. The predicted octanol–water partition coefficient (Wildman–Crippen LogP) is 0.451. The van der Waals surface area contributed by atoms with E-state index in [0.717, 1.165) is 0 Å². The van der Waals surface area contributed by atoms with Crippen LogP contribution in [0.15, 0.2) is 24.3 Å². The van der Waals surface area contributed by atoms with Gasteiger partial charge in [0.05, 0.1) is 19.8 Å². The van der Waals surface area contributed by atoms with Crippen LogP contribution in [0, 0.1) is 11.2 Å². The first kappa shape index (κ1) is 12.0. The summed E-state index contributed by atoms with van der Waals surface area (Å²) in [4.78, 5) is 11.8. The van der Waals surface area contributed by atoms with Crippen molar-refractivity contribution < 1.29 is 19.0 Å². The second-order valence-corrected chi connectivity index (χ2v) is 4.24. The number of benzene rings is 1. The van der Waals surface area contributed by atoms with E-state index < -0.39 is 5.41 Å². The zero-order chi connectivity index (χ0) is 12.3. The number of carbonyl (C=O) groups is 1. The molecule has 0 saturated carbocycles. The highest BCUT2D eigenvalue weighted by molar-refractivity contribution is 5.83. The standard InChI is InChI=1S/C12H14FNO3/c13-10-3-1-2-9(4-10)5-14-11(16)12(6-15)7-17-8-12/h1-4,15H,5-8H2,(H,14,16). The van der Waals surface area contributed by atoms with Crippen molar-refractivity contribution in [1.29, 1.82) is 0 Å². The highest BCUT2D eigenvalue weighted by Gasteiger charge is 2.45. The number of aliphatic hydroxyl groups excluding tert-OH is 1. The maximum Gasteiger partial charge on any atom is 0.233 e. The summed E-state index contributed by atoms with van der Waals surface area (Å²) in [5, 5.41) is 11.8. The highest BCUT2D eigenvalue weighted by atomic mass is 19.1. The van der Waals surface area contributed by atoms with Crippen LogP contribution in [0.1, 0.15) is 5.56 Å². The van der Waals surface area contributed by atoms with Gasteiger partial charge in [-0.05, 0) is 17.7 Å². The minimum absolute atomic E-state index is 0.234. The Morgan fingerprint density at radius 2 is 2.29 bits per heavy atom. The monoisotopic (exact) mass is 239 g/mol. The molecule has 1 saturated heterocycles. The van der Waals surface area contributed by atoms with Crippen LogP contribution < -0.4 is 5.32 Å². The molecule has 5 heteroatoms. The van der Waals surface area contributed by atoms with Crippen LogP contribution in [0.3, 0.4) is 0 Å². The molecule has 4 nitrogen and oxygen atoms in total. The summed E-state index contributed by atoms with van der Waals surface area (Å²) >= 11 is 0. The zero-order valence-electron chi connectivity index (χ0n) is 9.28. The molecular weight excluding hydrogens is 225 g/mol. The van der Waals surface area contributed by atoms with Gasteiger partial charge in [0.15, 0.2) is 0 Å². The van der Waals surface area contributed by atoms with E-state index in [1.54, 1.807) is 12.1 Å². The van der Waals surface area contributed by atoms with E-state index in [4.69, 9.17) is 9.84 Å². The van der Waals surface area contributed by atoms with E-state index in [1.807, 2.05) is 0 Å². The normalized spacial score (nSPS) is 17.3. The summed E-state index contributed by atoms with van der Waals surface area (Å²) in [5.41, 5.74) is -0.125. The lowest BCUT2D eigenvalue weighted by Gasteiger charge is -2.38. The van der Waals surface area contributed by atoms with Gasteiger partial charge in [0.1, 0.15) is 11.2 Å². The molecule has 1 amide bonds. The summed E-state index contributed by atoms with van der Waals surface area (Å²) < 4.78 is 17.8. The Kier molecular flexibility index (Phi) is 3.40. The van der Waals surface area contributed by atoms with Crippen LogP contribution in [0.2, 0.25) is 0 Å². The highest BCUT2D eigenvalue weighted by Crippen LogP contribution is 2.26. The fraction of sp³-hybridized carbons (Fsp3) is 0.417. The molecule has 1 fully saturated rings. The predicted molar refractivity (Wildman–Crippen MR) is 58.6 cm³/mol. The van der Waals surface area contributed by atoms with E-state index >= 15 is 0 Å². The Labute approximate surface area is 98.4 Å². The molecule has 2 rings (SSSR count). The number of hydrogen-bond acceptors (Lipinski definition) is 3. The smallest absolute Gasteiger partial charge is 0.233 e. The van der Waals surface area contributed by atoms with Crippen LogP contribution in [0.5, 0.6) is 0 Å². The first-order chi connectivity index (χ1) is 8.16. The lowest BCUT2D eigenvalue weighted by Crippen LogP contribution is -2.56. The van der Waals surface area contributed by atoms with Crippen molar-refractivity contribution in [2.45, 2.75) is 6.54 Å². The van der Waals surface area contributed by atoms with Gasteiger partial charge in [-0.1, -0.05) is 12.1 Å². The third kappa shape index (κ3) is 2.45. The first-order valence-electron chi connectivity index (χ1n) is 5.38. The SMILES string of the molecule is O=C(NCc1cccc(F)c1)C1(CO)COC1. The number of rotatable bonds is 4. The number of ether oxygens (including phenoxy) is 1. The Morgan fingerprint density at radius 1 is 1.53 bits per heavy atom. The van der Waals surface area contributed by atoms with Crippen LogP contribution in [0.25, 0.3) is 0 Å². The Balaban J connectivity index is 1.92. The molecule has 1 aliphatic heterocycles. The fourth-order valence-corrected chi connectivity index (χ4v) is 1.66. The lowest BCUT2D eigenvalue weighted by molar-refractivity contribution is -0.170. The Morgan fingerprint density at radius 3 is 2.82 bits per heavy atom. The van der Waals surface area contributed by atoms with Crippen molar-refractivity contribution >= 4 is 5.91 Å². The lowest BCUT2D eigenvalue weighted by atomic mass is 9.86. The minimum atomic E-state index is -0.812. The average molecular weight is 239 g/mol. The van der Waals surface area contributed by atoms with Gasteiger partial charge >= 0.3 is 0 Å². The second kappa shape index (κ2) is 4.81. The van der Waals surface area contributed by atoms with Crippen LogP contribution >= 0.6 is 0 Å². The molecule has 0 spiro atoms. The summed E-state index contributed by atoms with van der Waals surface area (Å²) in [5.74, 6) is -0.587. The van der Waals surface area contributed by atoms with Crippen molar-refractivity contribution in [1.82, 2.24) is 5.32 Å². The van der Waals surface area contributed by atoms with E-state index in [0.29, 0.717) is 5.56 Å². The van der Waals surface area contributed by atoms with Crippen molar-refractivity contribution in [2.24, 2.45) is 5.41 Å². The van der Waals surface area contributed by atoms with Crippen LogP contribution in [-0.2, 0) is 16.1 Å². The van der Waals surface area contributed by atoms with Gasteiger partial charge in [0.25, 0.3) is 0 Å². The molecule has 1 aliphatic rings. The molecular formula is C12H14FNO3. The van der Waals surface area contributed by atoms with Crippen molar-refractivity contribution in [3.63, 3.8) is 0 Å². The first-order valence-corrected chi connectivity index (χ1v) is 5.38. The number of halogens is 1. The van der Waals surface area contributed by atoms with Gasteiger partial charge in [-0.15, -0.1) is 0 Å². The zero-order valence-corrected chi connectivity index (χ0v) is 9.28. The third-order valence-corrected chi connectivity index (χ3v) is 2.88. The molecule has 0 aliphatic carbocycles. The largest absolute Gasteiger partial charge is 0.395 e. The number of nitrogens with one attached hydrogen (secondary N) is 1. The Bertz CT molecular complexity index is 412. The molecule has 1 aromatic carbocycles. The molecule has 0 aromatic heterocycles. The number of aliphatic hydroxyl groups is 1. The molecule has 2 N–H and O–H groups in total. The van der Waals surface area contributed by atoms with Crippen molar-refractivity contribution in [3.8, 4) is 0 Å². The van der Waals surface area contributed by atoms with Gasteiger partial charge in [-0.3, -0.25) is 4.79 Å². The van der Waals surface area contributed by atoms with Gasteiger partial charge in [0.2, 0.25) is 5.91 Å². The summed E-state index contributed by atoms with van der Waals surface area (Å²) in [6.45, 7) is 0.483. The van der Waals surface area contributed by atoms with Gasteiger partial charge in [-0.25, -0.2) is 4.39 Å². The van der Waals surface area contributed by atoms with E-state index in [1.165, 1.54) is 12.1 Å². The van der Waals surface area contributed by atoms with Crippen molar-refractivity contribution in [2.75, 3.05) is 19.8 Å². The van der Waals surface area contributed by atoms with E-state index in [2.05, 4.69) is 5.32 Å². The summed E-state index contributed by atoms with van der Waals surface area (Å²) in [6, 6.07) is 6.03. The molecule has 92 valence electrons. The molecule has 0 unspecified atom stereocenters. The fourth-order valence-electron chi connectivity index (χ4n) is 1.66. The maximum atomic E-state index is 12.9. The minimum Gasteiger partial charge on any atom is -0.395 e. The van der Waals surface area contributed by atoms with Crippen LogP contribution in [-0.4, -0.2) is 30.8 Å². The van der Waals surface area contributed by atoms with Gasteiger partial charge in [-0.2, -0.15) is 0 Å². The molecule has 17 heavy (non-hydrogen) atoms. The van der Waals surface area contributed by atoms with Crippen molar-refractivity contribution in [3.05, 3.63) is 35.6 Å². The van der Waals surface area contributed by atoms with Crippen LogP contribution in [0.4, 0.5) is 4.39 Å². The number of carbonyl (C=O) groups excluding carboxylic acids is 1. The topological polar surface area (TPSA) is 58.6 Å². The average Bonchev–Trinajstić information content (AvgIpc) is 2.26. The number of hydrogen-bond donors (Lipinski definition) is 2. The summed E-state index contributed by atoms with van der Waals surface area (Å²) in [7, 11) is 0. The molecule has 1 aromatic rings. The van der Waals surface area contributed by atoms with Gasteiger partial charge in [0, 0.05) is 6.54 Å². The van der Waals surface area contributed by atoms with E-state index in [-0.39, 0.29) is 38.1 Å². The molecule has 1 heterocycles. The second-order valence-electron chi connectivity index (χ2n) is 4.24. The van der Waals surface area contributed by atoms with E-state index in [9.17, 15) is 9.18 Å². The quantitative estimate of drug-likeness (QED) is 0.802. The Hall–Kier alpha value is -1.46. The number of amides is 1. The van der Waals surface area contributed by atoms with Gasteiger partial charge < -0.3 is 15.2 Å². The molecule has 0 bridgehead atoms. The molecule has 0 atom stereocenters.